The molecule has 0 aliphatic rings. The van der Waals surface area contributed by atoms with Crippen LogP contribution in [-0.4, -0.2) is 19.5 Å². The Bertz CT molecular complexity index is 593. The van der Waals surface area contributed by atoms with Crippen molar-refractivity contribution >= 4 is 17.9 Å². The van der Waals surface area contributed by atoms with E-state index in [9.17, 15) is 4.79 Å². The van der Waals surface area contributed by atoms with Gasteiger partial charge < -0.3 is 9.47 Å². The minimum absolute atomic E-state index is 0.444. The maximum atomic E-state index is 10.6. The van der Waals surface area contributed by atoms with Crippen molar-refractivity contribution in [3.8, 4) is 11.5 Å². The molecule has 0 saturated heterocycles. The normalized spacial score (nSPS) is 10.2. The van der Waals surface area contributed by atoms with Gasteiger partial charge in [0.25, 0.3) is 0 Å². The van der Waals surface area contributed by atoms with Crippen LogP contribution in [0.3, 0.4) is 0 Å². The average molecular weight is 305 g/mol. The number of carbonyl (C=O) groups excluding carboxylic acids is 1. The minimum Gasteiger partial charge on any atom is -0.493 e. The average Bonchev–Trinajstić information content (AvgIpc) is 2.50. The Kier molecular flexibility index (Phi) is 5.64. The Morgan fingerprint density at radius 1 is 1.05 bits per heavy atom. The van der Waals surface area contributed by atoms with Gasteiger partial charge in [-0.2, -0.15) is 0 Å². The van der Waals surface area contributed by atoms with E-state index in [1.165, 1.54) is 5.56 Å². The number of ether oxygens (including phenoxy) is 2. The first-order valence-electron chi connectivity index (χ1n) is 6.76. The molecule has 0 aliphatic heterocycles. The van der Waals surface area contributed by atoms with Crippen LogP contribution in [0.2, 0.25) is 5.02 Å². The van der Waals surface area contributed by atoms with Crippen molar-refractivity contribution in [1.29, 1.82) is 0 Å². The molecule has 0 unspecified atom stereocenters. The molecule has 0 N–H and O–H groups in total. The first-order chi connectivity index (χ1) is 10.2. The Balaban J connectivity index is 1.72. The van der Waals surface area contributed by atoms with Crippen LogP contribution in [0.5, 0.6) is 11.5 Å². The molecule has 0 atom stereocenters. The van der Waals surface area contributed by atoms with E-state index >= 15 is 0 Å². The summed E-state index contributed by atoms with van der Waals surface area (Å²) >= 11 is 6.02. The fourth-order valence-corrected chi connectivity index (χ4v) is 2.02. The van der Waals surface area contributed by atoms with Gasteiger partial charge in [0.05, 0.1) is 18.2 Å². The quantitative estimate of drug-likeness (QED) is 0.565. The van der Waals surface area contributed by atoms with Crippen LogP contribution in [0, 0.1) is 6.92 Å². The highest BCUT2D eigenvalue weighted by molar-refractivity contribution is 6.32. The van der Waals surface area contributed by atoms with Gasteiger partial charge in [-0.1, -0.05) is 29.3 Å². The molecule has 0 fully saturated rings. The molecule has 2 aromatic carbocycles. The molecule has 110 valence electrons. The molecule has 21 heavy (non-hydrogen) atoms. The monoisotopic (exact) mass is 304 g/mol. The zero-order valence-corrected chi connectivity index (χ0v) is 12.6. The smallest absolute Gasteiger partial charge is 0.150 e. The standard InChI is InChI=1S/C17H17ClO3/c1-13-3-6-15(7-4-13)20-9-2-10-21-17-8-5-14(12-19)11-16(17)18/h3-8,11-12H,2,9-10H2,1H3. The van der Waals surface area contributed by atoms with Gasteiger partial charge in [0.1, 0.15) is 17.8 Å². The zero-order valence-electron chi connectivity index (χ0n) is 11.8. The van der Waals surface area contributed by atoms with Gasteiger partial charge in [-0.15, -0.1) is 0 Å². The second kappa shape index (κ2) is 7.70. The lowest BCUT2D eigenvalue weighted by molar-refractivity contribution is 0.112. The number of hydrogen-bond donors (Lipinski definition) is 0. The van der Waals surface area contributed by atoms with E-state index in [0.29, 0.717) is 29.5 Å². The number of halogens is 1. The van der Waals surface area contributed by atoms with Gasteiger partial charge in [-0.05, 0) is 37.3 Å². The summed E-state index contributed by atoms with van der Waals surface area (Å²) in [5.74, 6) is 1.44. The lowest BCUT2D eigenvalue weighted by Gasteiger charge is -2.09. The Hall–Kier alpha value is -2.00. The van der Waals surface area contributed by atoms with Crippen molar-refractivity contribution in [1.82, 2.24) is 0 Å². The summed E-state index contributed by atoms with van der Waals surface area (Å²) in [4.78, 5) is 10.6. The molecule has 0 spiro atoms. The summed E-state index contributed by atoms with van der Waals surface area (Å²) in [5, 5.41) is 0.444. The van der Waals surface area contributed by atoms with Gasteiger partial charge in [0.15, 0.2) is 0 Å². The largest absolute Gasteiger partial charge is 0.493 e. The van der Waals surface area contributed by atoms with E-state index in [2.05, 4.69) is 0 Å². The third-order valence-corrected chi connectivity index (χ3v) is 3.22. The van der Waals surface area contributed by atoms with Crippen molar-refractivity contribution in [2.45, 2.75) is 13.3 Å². The maximum Gasteiger partial charge on any atom is 0.150 e. The van der Waals surface area contributed by atoms with Crippen molar-refractivity contribution in [3.05, 3.63) is 58.6 Å². The van der Waals surface area contributed by atoms with Crippen LogP contribution in [0.25, 0.3) is 0 Å². The van der Waals surface area contributed by atoms with E-state index in [0.717, 1.165) is 18.5 Å². The van der Waals surface area contributed by atoms with Gasteiger partial charge in [0.2, 0.25) is 0 Å². The molecule has 0 amide bonds. The molecule has 0 aromatic heterocycles. The fourth-order valence-electron chi connectivity index (χ4n) is 1.77. The topological polar surface area (TPSA) is 35.5 Å². The minimum atomic E-state index is 0.444. The van der Waals surface area contributed by atoms with Gasteiger partial charge >= 0.3 is 0 Å². The molecule has 4 heteroatoms. The van der Waals surface area contributed by atoms with Crippen LogP contribution in [0.1, 0.15) is 22.3 Å². The van der Waals surface area contributed by atoms with E-state index in [-0.39, 0.29) is 0 Å². The number of benzene rings is 2. The van der Waals surface area contributed by atoms with Gasteiger partial charge in [0, 0.05) is 12.0 Å². The Morgan fingerprint density at radius 2 is 1.76 bits per heavy atom. The first kappa shape index (κ1) is 15.4. The molecule has 0 saturated carbocycles. The summed E-state index contributed by atoms with van der Waals surface area (Å²) in [6.45, 7) is 3.12. The van der Waals surface area contributed by atoms with Crippen molar-refractivity contribution < 1.29 is 14.3 Å². The Morgan fingerprint density at radius 3 is 2.43 bits per heavy atom. The van der Waals surface area contributed by atoms with Crippen LogP contribution in [-0.2, 0) is 0 Å². The second-order valence-electron chi connectivity index (χ2n) is 4.67. The predicted octanol–water partition coefficient (Wildman–Crippen LogP) is 4.31. The molecular formula is C17H17ClO3. The first-order valence-corrected chi connectivity index (χ1v) is 7.14. The van der Waals surface area contributed by atoms with Crippen LogP contribution >= 0.6 is 11.6 Å². The molecule has 0 heterocycles. The molecule has 2 aromatic rings. The predicted molar refractivity (Wildman–Crippen MR) is 83.6 cm³/mol. The highest BCUT2D eigenvalue weighted by atomic mass is 35.5. The van der Waals surface area contributed by atoms with E-state index in [4.69, 9.17) is 21.1 Å². The number of aldehydes is 1. The van der Waals surface area contributed by atoms with E-state index < -0.39 is 0 Å². The zero-order chi connectivity index (χ0) is 15.1. The molecule has 0 aliphatic carbocycles. The summed E-state index contributed by atoms with van der Waals surface area (Å²) in [6.07, 6.45) is 1.50. The van der Waals surface area contributed by atoms with Crippen LogP contribution < -0.4 is 9.47 Å². The number of rotatable bonds is 7. The van der Waals surface area contributed by atoms with E-state index in [1.807, 2.05) is 31.2 Å². The van der Waals surface area contributed by atoms with Crippen molar-refractivity contribution in [3.63, 3.8) is 0 Å². The maximum absolute atomic E-state index is 10.6. The third kappa shape index (κ3) is 4.80. The number of aryl methyl sites for hydroxylation is 1. The second-order valence-corrected chi connectivity index (χ2v) is 5.08. The van der Waals surface area contributed by atoms with Crippen molar-refractivity contribution in [2.75, 3.05) is 13.2 Å². The highest BCUT2D eigenvalue weighted by Gasteiger charge is 2.02. The van der Waals surface area contributed by atoms with Gasteiger partial charge in [-0.25, -0.2) is 0 Å². The molecule has 2 rings (SSSR count). The summed E-state index contributed by atoms with van der Waals surface area (Å²) in [5.41, 5.74) is 1.74. The van der Waals surface area contributed by atoms with Gasteiger partial charge in [-0.3, -0.25) is 4.79 Å². The van der Waals surface area contributed by atoms with Crippen LogP contribution in [0.15, 0.2) is 42.5 Å². The number of carbonyl (C=O) groups is 1. The number of hydrogen-bond acceptors (Lipinski definition) is 3. The van der Waals surface area contributed by atoms with Crippen molar-refractivity contribution in [2.24, 2.45) is 0 Å². The molecule has 3 nitrogen and oxygen atoms in total. The van der Waals surface area contributed by atoms with Crippen LogP contribution in [0.4, 0.5) is 0 Å². The summed E-state index contributed by atoms with van der Waals surface area (Å²) in [6, 6.07) is 12.9. The third-order valence-electron chi connectivity index (χ3n) is 2.93. The highest BCUT2D eigenvalue weighted by Crippen LogP contribution is 2.25. The molecule has 0 radical (unpaired) electrons. The fraction of sp³-hybridized carbons (Fsp3) is 0.235. The molecular weight excluding hydrogens is 288 g/mol. The summed E-state index contributed by atoms with van der Waals surface area (Å²) < 4.78 is 11.2. The molecule has 0 bridgehead atoms. The Labute approximate surface area is 129 Å². The lowest BCUT2D eigenvalue weighted by atomic mass is 10.2. The lowest BCUT2D eigenvalue weighted by Crippen LogP contribution is -2.05. The summed E-state index contributed by atoms with van der Waals surface area (Å²) in [7, 11) is 0. The van der Waals surface area contributed by atoms with E-state index in [1.54, 1.807) is 18.2 Å². The SMILES string of the molecule is Cc1ccc(OCCCOc2ccc(C=O)cc2Cl)cc1.